The Labute approximate surface area is 101 Å². The molecule has 0 aliphatic heterocycles. The Hall–Kier alpha value is -1.91. The predicted octanol–water partition coefficient (Wildman–Crippen LogP) is 1.60. The first kappa shape index (κ1) is 13.2. The zero-order valence-electron chi connectivity index (χ0n) is 10.2. The van der Waals surface area contributed by atoms with Crippen LogP contribution in [0.4, 0.5) is 5.95 Å². The standard InChI is InChI=1S/C12H18N4O/c1-4-7-13-12-14-8-6-10(16-12)11(17)15-9(3)5-2/h4,6,8-9H,1,5,7H2,2-3H3,(H,15,17)(H,13,14,16). The first-order chi connectivity index (χ1) is 8.17. The highest BCUT2D eigenvalue weighted by Gasteiger charge is 2.10. The summed E-state index contributed by atoms with van der Waals surface area (Å²) < 4.78 is 0. The molecule has 0 fully saturated rings. The molecule has 1 unspecified atom stereocenters. The van der Waals surface area contributed by atoms with E-state index >= 15 is 0 Å². The molecule has 92 valence electrons. The molecule has 5 nitrogen and oxygen atoms in total. The zero-order chi connectivity index (χ0) is 12.7. The van der Waals surface area contributed by atoms with Gasteiger partial charge in [0.25, 0.3) is 5.91 Å². The minimum Gasteiger partial charge on any atom is -0.351 e. The Kier molecular flexibility index (Phi) is 5.13. The molecule has 0 bridgehead atoms. The fraction of sp³-hybridized carbons (Fsp3) is 0.417. The minimum atomic E-state index is -0.177. The summed E-state index contributed by atoms with van der Waals surface area (Å²) in [6.07, 6.45) is 4.15. The molecule has 0 aliphatic rings. The summed E-state index contributed by atoms with van der Waals surface area (Å²) in [4.78, 5) is 19.9. The van der Waals surface area contributed by atoms with Crippen LogP contribution in [-0.2, 0) is 0 Å². The van der Waals surface area contributed by atoms with Crippen LogP contribution in [0.1, 0.15) is 30.8 Å². The van der Waals surface area contributed by atoms with Gasteiger partial charge < -0.3 is 10.6 Å². The van der Waals surface area contributed by atoms with E-state index in [4.69, 9.17) is 0 Å². The molecular formula is C12H18N4O. The number of carbonyl (C=O) groups is 1. The first-order valence-electron chi connectivity index (χ1n) is 5.66. The zero-order valence-corrected chi connectivity index (χ0v) is 10.2. The summed E-state index contributed by atoms with van der Waals surface area (Å²) in [5.41, 5.74) is 0.367. The molecule has 0 radical (unpaired) electrons. The highest BCUT2D eigenvalue weighted by atomic mass is 16.1. The lowest BCUT2D eigenvalue weighted by atomic mass is 10.2. The van der Waals surface area contributed by atoms with Crippen LogP contribution in [-0.4, -0.2) is 28.5 Å². The Morgan fingerprint density at radius 3 is 3.06 bits per heavy atom. The van der Waals surface area contributed by atoms with E-state index in [9.17, 15) is 4.79 Å². The van der Waals surface area contributed by atoms with E-state index < -0.39 is 0 Å². The van der Waals surface area contributed by atoms with E-state index in [1.54, 1.807) is 18.3 Å². The third-order valence-corrected chi connectivity index (χ3v) is 2.28. The number of nitrogens with one attached hydrogen (secondary N) is 2. The lowest BCUT2D eigenvalue weighted by Gasteiger charge is -2.11. The second kappa shape index (κ2) is 6.62. The lowest BCUT2D eigenvalue weighted by Crippen LogP contribution is -2.32. The van der Waals surface area contributed by atoms with Gasteiger partial charge in [0.1, 0.15) is 5.69 Å². The molecule has 1 aromatic rings. The SMILES string of the molecule is C=CCNc1nccc(C(=O)NC(C)CC)n1. The van der Waals surface area contributed by atoms with Crippen LogP contribution in [0.25, 0.3) is 0 Å². The van der Waals surface area contributed by atoms with Gasteiger partial charge in [0.2, 0.25) is 5.95 Å². The fourth-order valence-electron chi connectivity index (χ4n) is 1.13. The molecule has 0 aromatic carbocycles. The molecule has 1 heterocycles. The number of amides is 1. The maximum absolute atomic E-state index is 11.8. The summed E-state index contributed by atoms with van der Waals surface area (Å²) in [5, 5.41) is 5.79. The lowest BCUT2D eigenvalue weighted by molar-refractivity contribution is 0.0934. The van der Waals surface area contributed by atoms with Gasteiger partial charge in [0.15, 0.2) is 0 Å². The van der Waals surface area contributed by atoms with Gasteiger partial charge in [-0.25, -0.2) is 9.97 Å². The quantitative estimate of drug-likeness (QED) is 0.734. The van der Waals surface area contributed by atoms with E-state index in [0.717, 1.165) is 6.42 Å². The molecule has 17 heavy (non-hydrogen) atoms. The smallest absolute Gasteiger partial charge is 0.270 e. The third kappa shape index (κ3) is 4.22. The van der Waals surface area contributed by atoms with Crippen LogP contribution in [0.3, 0.4) is 0 Å². The van der Waals surface area contributed by atoms with E-state index in [0.29, 0.717) is 18.2 Å². The van der Waals surface area contributed by atoms with Crippen molar-refractivity contribution in [3.8, 4) is 0 Å². The average Bonchev–Trinajstić information content (AvgIpc) is 2.36. The summed E-state index contributed by atoms with van der Waals surface area (Å²) in [6.45, 7) is 8.12. The molecule has 0 saturated heterocycles. The van der Waals surface area contributed by atoms with Gasteiger partial charge >= 0.3 is 0 Å². The Morgan fingerprint density at radius 1 is 1.65 bits per heavy atom. The van der Waals surface area contributed by atoms with Gasteiger partial charge in [-0.05, 0) is 19.4 Å². The second-order valence-electron chi connectivity index (χ2n) is 3.72. The number of aromatic nitrogens is 2. The maximum atomic E-state index is 11.8. The highest BCUT2D eigenvalue weighted by Crippen LogP contribution is 2.01. The number of rotatable bonds is 6. The number of carbonyl (C=O) groups excluding carboxylic acids is 1. The Bertz CT molecular complexity index is 392. The molecule has 0 spiro atoms. The van der Waals surface area contributed by atoms with Crippen LogP contribution >= 0.6 is 0 Å². The normalized spacial score (nSPS) is 11.6. The molecular weight excluding hydrogens is 216 g/mol. The summed E-state index contributed by atoms with van der Waals surface area (Å²) in [7, 11) is 0. The second-order valence-corrected chi connectivity index (χ2v) is 3.72. The van der Waals surface area contributed by atoms with Crippen molar-refractivity contribution in [2.24, 2.45) is 0 Å². The third-order valence-electron chi connectivity index (χ3n) is 2.28. The van der Waals surface area contributed by atoms with Crippen molar-refractivity contribution in [3.05, 3.63) is 30.6 Å². The molecule has 1 rings (SSSR count). The monoisotopic (exact) mass is 234 g/mol. The van der Waals surface area contributed by atoms with Crippen LogP contribution in [0.5, 0.6) is 0 Å². The molecule has 0 saturated carbocycles. The summed E-state index contributed by atoms with van der Waals surface area (Å²) in [5.74, 6) is 0.255. The van der Waals surface area contributed by atoms with E-state index in [-0.39, 0.29) is 11.9 Å². The summed E-state index contributed by atoms with van der Waals surface area (Å²) in [6, 6.07) is 1.73. The van der Waals surface area contributed by atoms with Gasteiger partial charge in [-0.3, -0.25) is 4.79 Å². The fourth-order valence-corrected chi connectivity index (χ4v) is 1.13. The van der Waals surface area contributed by atoms with Gasteiger partial charge in [0, 0.05) is 18.8 Å². The van der Waals surface area contributed by atoms with Crippen molar-refractivity contribution in [2.75, 3.05) is 11.9 Å². The minimum absolute atomic E-state index is 0.141. The molecule has 1 aromatic heterocycles. The van der Waals surface area contributed by atoms with E-state index in [2.05, 4.69) is 27.2 Å². The number of nitrogens with zero attached hydrogens (tertiary/aromatic N) is 2. The first-order valence-corrected chi connectivity index (χ1v) is 5.66. The summed E-state index contributed by atoms with van der Waals surface area (Å²) >= 11 is 0. The largest absolute Gasteiger partial charge is 0.351 e. The average molecular weight is 234 g/mol. The van der Waals surface area contributed by atoms with Crippen molar-refractivity contribution in [2.45, 2.75) is 26.3 Å². The predicted molar refractivity (Wildman–Crippen MR) is 67.9 cm³/mol. The molecule has 1 amide bonds. The van der Waals surface area contributed by atoms with E-state index in [1.807, 2.05) is 13.8 Å². The topological polar surface area (TPSA) is 66.9 Å². The van der Waals surface area contributed by atoms with Gasteiger partial charge in [-0.1, -0.05) is 13.0 Å². The number of anilines is 1. The van der Waals surface area contributed by atoms with Gasteiger partial charge in [0.05, 0.1) is 0 Å². The van der Waals surface area contributed by atoms with Crippen LogP contribution < -0.4 is 10.6 Å². The Morgan fingerprint density at radius 2 is 2.41 bits per heavy atom. The molecule has 2 N–H and O–H groups in total. The highest BCUT2D eigenvalue weighted by molar-refractivity contribution is 5.92. The van der Waals surface area contributed by atoms with Crippen molar-refractivity contribution in [3.63, 3.8) is 0 Å². The molecule has 1 atom stereocenters. The van der Waals surface area contributed by atoms with Gasteiger partial charge in [-0.2, -0.15) is 0 Å². The number of hydrogen-bond donors (Lipinski definition) is 2. The molecule has 5 heteroatoms. The Balaban J connectivity index is 2.69. The maximum Gasteiger partial charge on any atom is 0.270 e. The van der Waals surface area contributed by atoms with Crippen LogP contribution in [0.15, 0.2) is 24.9 Å². The van der Waals surface area contributed by atoms with Crippen molar-refractivity contribution >= 4 is 11.9 Å². The van der Waals surface area contributed by atoms with Crippen LogP contribution in [0.2, 0.25) is 0 Å². The van der Waals surface area contributed by atoms with E-state index in [1.165, 1.54) is 0 Å². The van der Waals surface area contributed by atoms with Crippen molar-refractivity contribution < 1.29 is 4.79 Å². The van der Waals surface area contributed by atoms with Gasteiger partial charge in [-0.15, -0.1) is 6.58 Å². The number of hydrogen-bond acceptors (Lipinski definition) is 4. The van der Waals surface area contributed by atoms with Crippen molar-refractivity contribution in [1.82, 2.24) is 15.3 Å². The van der Waals surface area contributed by atoms with Crippen LogP contribution in [0, 0.1) is 0 Å². The van der Waals surface area contributed by atoms with Crippen molar-refractivity contribution in [1.29, 1.82) is 0 Å². The molecule has 0 aliphatic carbocycles.